The molecule has 1 heterocycles. The van der Waals surface area contributed by atoms with Gasteiger partial charge in [0.15, 0.2) is 6.29 Å². The molecular weight excluding hydrogens is 552 g/mol. The van der Waals surface area contributed by atoms with Crippen LogP contribution < -0.4 is 10.6 Å². The first kappa shape index (κ1) is 37.0. The van der Waals surface area contributed by atoms with Gasteiger partial charge in [-0.25, -0.2) is 0 Å². The zero-order valence-corrected chi connectivity index (χ0v) is 24.8. The predicted molar refractivity (Wildman–Crippen MR) is 153 cm³/mol. The van der Waals surface area contributed by atoms with Gasteiger partial charge in [0.1, 0.15) is 11.9 Å². The van der Waals surface area contributed by atoms with Crippen LogP contribution in [0, 0.1) is 0 Å². The molecule has 0 radical (unpaired) electrons. The summed E-state index contributed by atoms with van der Waals surface area (Å²) >= 11 is 0. The Balaban J connectivity index is 2.89. The van der Waals surface area contributed by atoms with E-state index < -0.39 is 30.1 Å². The van der Waals surface area contributed by atoms with Crippen molar-refractivity contribution >= 4 is 35.9 Å². The molecule has 1 amide bonds. The van der Waals surface area contributed by atoms with Crippen LogP contribution in [0.4, 0.5) is 0 Å². The molecular formula is C27H48N6O9. The fourth-order valence-electron chi connectivity index (χ4n) is 4.61. The van der Waals surface area contributed by atoms with Gasteiger partial charge in [-0.3, -0.25) is 48.9 Å². The Bertz CT molecular complexity index is 858. The van der Waals surface area contributed by atoms with Crippen LogP contribution in [0.5, 0.6) is 0 Å². The van der Waals surface area contributed by atoms with E-state index >= 15 is 0 Å². The zero-order chi connectivity index (χ0) is 31.5. The van der Waals surface area contributed by atoms with E-state index in [-0.39, 0.29) is 83.7 Å². The molecule has 1 aliphatic heterocycles. The van der Waals surface area contributed by atoms with Crippen molar-refractivity contribution in [3.63, 3.8) is 0 Å². The number of carboxylic acids is 3. The van der Waals surface area contributed by atoms with Crippen molar-refractivity contribution in [2.75, 3.05) is 78.5 Å². The first-order chi connectivity index (χ1) is 19.9. The molecule has 0 aliphatic carbocycles. The highest BCUT2D eigenvalue weighted by Gasteiger charge is 2.26. The van der Waals surface area contributed by atoms with Crippen LogP contribution in [0.3, 0.4) is 0 Å². The van der Waals surface area contributed by atoms with E-state index in [4.69, 9.17) is 0 Å². The number of hydrogen-bond donors (Lipinski definition) is 5. The number of carbonyl (C=O) groups excluding carboxylic acids is 3. The number of aliphatic carboxylic acids is 3. The van der Waals surface area contributed by atoms with E-state index in [1.54, 1.807) is 26.5 Å². The smallest absolute Gasteiger partial charge is 0.317 e. The number of rotatable bonds is 18. The highest BCUT2D eigenvalue weighted by atomic mass is 16.4. The van der Waals surface area contributed by atoms with Gasteiger partial charge in [0.25, 0.3) is 0 Å². The Hall–Kier alpha value is -2.98. The molecule has 15 nitrogen and oxygen atoms in total. The molecule has 0 aromatic rings. The van der Waals surface area contributed by atoms with Crippen LogP contribution in [0.25, 0.3) is 0 Å². The van der Waals surface area contributed by atoms with Crippen molar-refractivity contribution in [2.45, 2.75) is 58.2 Å². The summed E-state index contributed by atoms with van der Waals surface area (Å²) < 4.78 is 0. The summed E-state index contributed by atoms with van der Waals surface area (Å²) in [6.07, 6.45) is 3.14. The minimum atomic E-state index is -1.04. The number of hydrogen-bond acceptors (Lipinski definition) is 11. The van der Waals surface area contributed by atoms with Gasteiger partial charge in [0, 0.05) is 71.7 Å². The van der Waals surface area contributed by atoms with Gasteiger partial charge in [-0.05, 0) is 19.8 Å². The second kappa shape index (κ2) is 20.8. The molecule has 0 saturated carbocycles. The molecule has 0 bridgehead atoms. The number of carboxylic acid groups (broad SMARTS) is 3. The van der Waals surface area contributed by atoms with Crippen molar-refractivity contribution in [3.8, 4) is 0 Å². The van der Waals surface area contributed by atoms with Crippen LogP contribution in [0.2, 0.25) is 0 Å². The summed E-state index contributed by atoms with van der Waals surface area (Å²) in [6.45, 7) is 5.14. The molecule has 42 heavy (non-hydrogen) atoms. The quantitative estimate of drug-likeness (QED) is 0.0910. The Morgan fingerprint density at radius 2 is 1.19 bits per heavy atom. The molecule has 0 aromatic carbocycles. The van der Waals surface area contributed by atoms with E-state index in [2.05, 4.69) is 10.6 Å². The maximum absolute atomic E-state index is 12.7. The van der Waals surface area contributed by atoms with E-state index in [0.717, 1.165) is 19.3 Å². The lowest BCUT2D eigenvalue weighted by Crippen LogP contribution is -2.57. The van der Waals surface area contributed by atoms with E-state index in [1.165, 1.54) is 0 Å². The average molecular weight is 601 g/mol. The number of ketones is 1. The van der Waals surface area contributed by atoms with E-state index in [1.807, 2.05) is 6.92 Å². The summed E-state index contributed by atoms with van der Waals surface area (Å²) in [5, 5.41) is 33.9. The predicted octanol–water partition coefficient (Wildman–Crippen LogP) is -1.38. The minimum absolute atomic E-state index is 0.218. The van der Waals surface area contributed by atoms with Crippen molar-refractivity contribution < 1.29 is 44.1 Å². The average Bonchev–Trinajstić information content (AvgIpc) is 2.92. The third kappa shape index (κ3) is 16.5. The Morgan fingerprint density at radius 3 is 1.60 bits per heavy atom. The van der Waals surface area contributed by atoms with Gasteiger partial charge in [-0.1, -0.05) is 13.3 Å². The van der Waals surface area contributed by atoms with Crippen LogP contribution in [0.15, 0.2) is 0 Å². The Morgan fingerprint density at radius 1 is 0.738 bits per heavy atom. The van der Waals surface area contributed by atoms with Crippen LogP contribution in [0.1, 0.15) is 46.0 Å². The molecule has 1 saturated heterocycles. The molecule has 1 aliphatic rings. The normalized spacial score (nSPS) is 18.2. The molecule has 0 spiro atoms. The third-order valence-corrected chi connectivity index (χ3v) is 7.11. The monoisotopic (exact) mass is 600 g/mol. The summed E-state index contributed by atoms with van der Waals surface area (Å²) in [6, 6.07) is -0.724. The molecule has 0 aromatic heterocycles. The van der Waals surface area contributed by atoms with Gasteiger partial charge >= 0.3 is 17.9 Å². The number of unbranched alkanes of at least 4 members (excludes halogenated alkanes) is 2. The second-order valence-electron chi connectivity index (χ2n) is 10.5. The van der Waals surface area contributed by atoms with Gasteiger partial charge in [0.05, 0.1) is 25.7 Å². The molecule has 5 N–H and O–H groups in total. The molecule has 1 fully saturated rings. The lowest BCUT2D eigenvalue weighted by atomic mass is 10.1. The van der Waals surface area contributed by atoms with E-state index in [9.17, 15) is 44.1 Å². The highest BCUT2D eigenvalue weighted by molar-refractivity contribution is 5.81. The standard InChI is InChI=1S/C27H48N6O9/c1-3-22(35)7-5-4-6-8-28-27(42)21(2)29-23(20-34)33-15-13-31(18-25(38)39)11-9-30(17-24(36)37)10-12-32(14-16-33)19-26(40)41/h20-21,23,29H,3-19H2,1-2H3,(H,28,42)(H,36,37)(H,38,39)(H,40,41)/t21-,23?/m0/s1. The lowest BCUT2D eigenvalue weighted by Gasteiger charge is -2.35. The van der Waals surface area contributed by atoms with Crippen molar-refractivity contribution in [1.82, 2.24) is 30.2 Å². The minimum Gasteiger partial charge on any atom is -0.480 e. The summed E-state index contributed by atoms with van der Waals surface area (Å²) in [7, 11) is 0. The fourth-order valence-corrected chi connectivity index (χ4v) is 4.61. The highest BCUT2D eigenvalue weighted by Crippen LogP contribution is 2.05. The van der Waals surface area contributed by atoms with Crippen molar-refractivity contribution in [3.05, 3.63) is 0 Å². The van der Waals surface area contributed by atoms with Gasteiger partial charge in [-0.2, -0.15) is 0 Å². The Labute approximate surface area is 247 Å². The summed E-state index contributed by atoms with van der Waals surface area (Å²) in [5.41, 5.74) is 0. The molecule has 1 unspecified atom stereocenters. The molecule has 15 heteroatoms. The number of carbonyl (C=O) groups is 6. The van der Waals surface area contributed by atoms with Crippen LogP contribution in [-0.2, 0) is 28.8 Å². The first-order valence-corrected chi connectivity index (χ1v) is 14.5. The Kier molecular flexibility index (Phi) is 18.4. The second-order valence-corrected chi connectivity index (χ2v) is 10.5. The zero-order valence-electron chi connectivity index (χ0n) is 24.8. The fraction of sp³-hybridized carbons (Fsp3) is 0.778. The topological polar surface area (TPSA) is 200 Å². The maximum Gasteiger partial charge on any atom is 0.317 e. The third-order valence-electron chi connectivity index (χ3n) is 7.11. The van der Waals surface area contributed by atoms with E-state index in [0.29, 0.717) is 25.7 Å². The number of amides is 1. The first-order valence-electron chi connectivity index (χ1n) is 14.5. The van der Waals surface area contributed by atoms with Crippen molar-refractivity contribution in [2.24, 2.45) is 0 Å². The molecule has 1 rings (SSSR count). The number of Topliss-reactive ketones (excluding diaryl/α,β-unsaturated/α-hetero) is 1. The number of nitrogens with zero attached hydrogens (tertiary/aromatic N) is 4. The van der Waals surface area contributed by atoms with Gasteiger partial charge in [-0.15, -0.1) is 0 Å². The van der Waals surface area contributed by atoms with Crippen LogP contribution >= 0.6 is 0 Å². The number of aldehydes is 1. The van der Waals surface area contributed by atoms with Gasteiger partial charge < -0.3 is 25.4 Å². The SMILES string of the molecule is CCC(=O)CCCCCNC(=O)[C@H](C)NC(C=O)N1CCN(CC(=O)O)CCN(CC(=O)O)CCN(CC(=O)O)CC1. The van der Waals surface area contributed by atoms with Crippen molar-refractivity contribution in [1.29, 1.82) is 0 Å². The summed E-state index contributed by atoms with van der Waals surface area (Å²) in [5.74, 6) is -3.20. The maximum atomic E-state index is 12.7. The van der Waals surface area contributed by atoms with Gasteiger partial charge in [0.2, 0.25) is 5.91 Å². The molecule has 240 valence electrons. The van der Waals surface area contributed by atoms with Crippen LogP contribution in [-0.4, -0.2) is 162 Å². The largest absolute Gasteiger partial charge is 0.480 e. The lowest BCUT2D eigenvalue weighted by molar-refractivity contribution is -0.140. The number of nitrogens with one attached hydrogen (secondary N) is 2. The summed E-state index contributed by atoms with van der Waals surface area (Å²) in [4.78, 5) is 77.2. The molecule has 2 atom stereocenters.